The number of halogens is 1. The van der Waals surface area contributed by atoms with Gasteiger partial charge in [0.1, 0.15) is 5.82 Å². The van der Waals surface area contributed by atoms with Crippen molar-refractivity contribution < 1.29 is 17.6 Å². The van der Waals surface area contributed by atoms with Crippen molar-refractivity contribution in [2.75, 3.05) is 6.61 Å². The summed E-state index contributed by atoms with van der Waals surface area (Å²) in [6.45, 7) is 5.61. The minimum absolute atomic E-state index is 0.0163. The largest absolute Gasteiger partial charge is 0.287 e. The summed E-state index contributed by atoms with van der Waals surface area (Å²) >= 11 is 0. The molecule has 1 rings (SSSR count). The van der Waals surface area contributed by atoms with Crippen LogP contribution in [0.2, 0.25) is 0 Å². The molecule has 0 saturated heterocycles. The molecule has 6 heteroatoms. The van der Waals surface area contributed by atoms with Gasteiger partial charge in [0.2, 0.25) is 0 Å². The quantitative estimate of drug-likeness (QED) is 0.825. The Hall–Kier alpha value is -0.980. The lowest BCUT2D eigenvalue weighted by Crippen LogP contribution is -2.26. The van der Waals surface area contributed by atoms with Crippen LogP contribution >= 0.6 is 0 Å². The molecule has 4 nitrogen and oxygen atoms in total. The average Bonchev–Trinajstić information content (AvgIpc) is 2.15. The predicted molar refractivity (Wildman–Crippen MR) is 62.2 cm³/mol. The minimum Gasteiger partial charge on any atom is -0.287 e. The van der Waals surface area contributed by atoms with Gasteiger partial charge in [-0.3, -0.25) is 4.84 Å². The van der Waals surface area contributed by atoms with Crippen LogP contribution in [-0.4, -0.2) is 15.0 Å². The van der Waals surface area contributed by atoms with Crippen LogP contribution in [0.25, 0.3) is 0 Å². The summed E-state index contributed by atoms with van der Waals surface area (Å²) < 4.78 is 36.4. The normalized spacial score (nSPS) is 12.1. The smallest absolute Gasteiger partial charge is 0.262 e. The predicted octanol–water partition coefficient (Wildman–Crippen LogP) is 2.00. The molecule has 17 heavy (non-hydrogen) atoms. The SMILES string of the molecule is Cc1cc(F)ccc1S(=O)(=O)NOCC(C)C. The zero-order valence-electron chi connectivity index (χ0n) is 10.0. The Morgan fingerprint density at radius 3 is 2.59 bits per heavy atom. The lowest BCUT2D eigenvalue weighted by atomic mass is 10.2. The van der Waals surface area contributed by atoms with Crippen LogP contribution < -0.4 is 4.89 Å². The van der Waals surface area contributed by atoms with E-state index in [0.29, 0.717) is 5.56 Å². The van der Waals surface area contributed by atoms with E-state index in [1.807, 2.05) is 18.7 Å². The maximum absolute atomic E-state index is 12.8. The van der Waals surface area contributed by atoms with Crippen LogP contribution in [0.5, 0.6) is 0 Å². The number of aryl methyl sites for hydroxylation is 1. The Labute approximate surface area is 101 Å². The maximum Gasteiger partial charge on any atom is 0.262 e. The van der Waals surface area contributed by atoms with Crippen molar-refractivity contribution in [3.05, 3.63) is 29.6 Å². The van der Waals surface area contributed by atoms with Gasteiger partial charge in [-0.1, -0.05) is 18.7 Å². The van der Waals surface area contributed by atoms with Crippen molar-refractivity contribution in [2.45, 2.75) is 25.7 Å². The highest BCUT2D eigenvalue weighted by molar-refractivity contribution is 7.89. The van der Waals surface area contributed by atoms with E-state index < -0.39 is 15.8 Å². The van der Waals surface area contributed by atoms with Gasteiger partial charge in [0.25, 0.3) is 10.0 Å². The molecular weight excluding hydrogens is 245 g/mol. The third-order valence-corrected chi connectivity index (χ3v) is 3.39. The fourth-order valence-electron chi connectivity index (χ4n) is 1.24. The van der Waals surface area contributed by atoms with Crippen LogP contribution in [0.15, 0.2) is 23.1 Å². The van der Waals surface area contributed by atoms with E-state index in [4.69, 9.17) is 4.84 Å². The molecule has 1 aromatic carbocycles. The van der Waals surface area contributed by atoms with Crippen LogP contribution in [-0.2, 0) is 14.9 Å². The molecule has 0 spiro atoms. The molecule has 0 aromatic heterocycles. The third-order valence-electron chi connectivity index (χ3n) is 2.01. The van der Waals surface area contributed by atoms with Crippen molar-refractivity contribution in [1.29, 1.82) is 0 Å². The van der Waals surface area contributed by atoms with Gasteiger partial charge < -0.3 is 0 Å². The molecule has 0 bridgehead atoms. The molecule has 0 radical (unpaired) electrons. The number of hydrogen-bond donors (Lipinski definition) is 1. The minimum atomic E-state index is -3.74. The van der Waals surface area contributed by atoms with Crippen molar-refractivity contribution in [3.8, 4) is 0 Å². The Balaban J connectivity index is 2.83. The van der Waals surface area contributed by atoms with Gasteiger partial charge in [0.05, 0.1) is 11.5 Å². The molecule has 1 N–H and O–H groups in total. The zero-order chi connectivity index (χ0) is 13.1. The Bertz CT molecular complexity index is 485. The first-order valence-electron chi connectivity index (χ1n) is 5.22. The summed E-state index contributed by atoms with van der Waals surface area (Å²) in [5.74, 6) is -0.253. The monoisotopic (exact) mass is 261 g/mol. The van der Waals surface area contributed by atoms with Crippen LogP contribution in [0.4, 0.5) is 4.39 Å². The Kier molecular flexibility index (Phi) is 4.62. The molecular formula is C11H16FNO3S. The van der Waals surface area contributed by atoms with Crippen molar-refractivity contribution in [2.24, 2.45) is 5.92 Å². The van der Waals surface area contributed by atoms with Gasteiger partial charge in [0.15, 0.2) is 0 Å². The zero-order valence-corrected chi connectivity index (χ0v) is 10.8. The number of benzene rings is 1. The fourth-order valence-corrected chi connectivity index (χ4v) is 2.28. The van der Waals surface area contributed by atoms with E-state index >= 15 is 0 Å². The summed E-state index contributed by atoms with van der Waals surface area (Å²) in [7, 11) is -3.74. The van der Waals surface area contributed by atoms with Crippen LogP contribution in [0, 0.1) is 18.7 Å². The van der Waals surface area contributed by atoms with Gasteiger partial charge in [0, 0.05) is 0 Å². The van der Waals surface area contributed by atoms with E-state index in [2.05, 4.69) is 0 Å². The van der Waals surface area contributed by atoms with E-state index in [1.54, 1.807) is 0 Å². The van der Waals surface area contributed by atoms with Crippen LogP contribution in [0.3, 0.4) is 0 Å². The van der Waals surface area contributed by atoms with Crippen LogP contribution in [0.1, 0.15) is 19.4 Å². The highest BCUT2D eigenvalue weighted by atomic mass is 32.2. The summed E-state index contributed by atoms with van der Waals surface area (Å²) in [6.07, 6.45) is 0. The number of rotatable bonds is 5. The van der Waals surface area contributed by atoms with Crippen molar-refractivity contribution in [3.63, 3.8) is 0 Å². The molecule has 0 saturated carbocycles. The fraction of sp³-hybridized carbons (Fsp3) is 0.455. The van der Waals surface area contributed by atoms with Gasteiger partial charge >= 0.3 is 0 Å². The topological polar surface area (TPSA) is 55.4 Å². The van der Waals surface area contributed by atoms with E-state index in [9.17, 15) is 12.8 Å². The first-order chi connectivity index (χ1) is 7.83. The lowest BCUT2D eigenvalue weighted by molar-refractivity contribution is 0.0718. The van der Waals surface area contributed by atoms with E-state index in [-0.39, 0.29) is 17.4 Å². The number of sulfonamides is 1. The molecule has 0 heterocycles. The third kappa shape index (κ3) is 4.07. The summed E-state index contributed by atoms with van der Waals surface area (Å²) in [6, 6.07) is 3.48. The van der Waals surface area contributed by atoms with E-state index in [0.717, 1.165) is 12.1 Å². The molecule has 0 aliphatic carbocycles. The molecule has 0 atom stereocenters. The highest BCUT2D eigenvalue weighted by Crippen LogP contribution is 2.15. The summed E-state index contributed by atoms with van der Waals surface area (Å²) in [4.78, 5) is 6.90. The Morgan fingerprint density at radius 1 is 1.41 bits per heavy atom. The molecule has 0 aliphatic rings. The van der Waals surface area contributed by atoms with Gasteiger partial charge in [-0.05, 0) is 36.6 Å². The molecule has 96 valence electrons. The summed E-state index contributed by atoms with van der Waals surface area (Å²) in [5.41, 5.74) is 0.339. The second kappa shape index (κ2) is 5.57. The van der Waals surface area contributed by atoms with Gasteiger partial charge in [-0.15, -0.1) is 0 Å². The summed E-state index contributed by atoms with van der Waals surface area (Å²) in [5, 5.41) is 0. The molecule has 0 amide bonds. The molecule has 0 unspecified atom stereocenters. The molecule has 0 aliphatic heterocycles. The van der Waals surface area contributed by atoms with Crippen molar-refractivity contribution >= 4 is 10.0 Å². The Morgan fingerprint density at radius 2 is 2.06 bits per heavy atom. The number of hydrogen-bond acceptors (Lipinski definition) is 3. The first kappa shape index (κ1) is 14.1. The second-order valence-electron chi connectivity index (χ2n) is 4.20. The lowest BCUT2D eigenvalue weighted by Gasteiger charge is -2.10. The van der Waals surface area contributed by atoms with E-state index in [1.165, 1.54) is 13.0 Å². The molecule has 1 aromatic rings. The first-order valence-corrected chi connectivity index (χ1v) is 6.71. The molecule has 0 fully saturated rings. The van der Waals surface area contributed by atoms with Gasteiger partial charge in [-0.2, -0.15) is 0 Å². The standard InChI is InChI=1S/C11H16FNO3S/c1-8(2)7-16-13-17(14,15)11-5-4-10(12)6-9(11)3/h4-6,8,13H,7H2,1-3H3. The van der Waals surface area contributed by atoms with Crippen molar-refractivity contribution in [1.82, 2.24) is 4.89 Å². The maximum atomic E-state index is 12.8. The number of nitrogens with one attached hydrogen (secondary N) is 1. The van der Waals surface area contributed by atoms with Gasteiger partial charge in [-0.25, -0.2) is 12.8 Å². The second-order valence-corrected chi connectivity index (χ2v) is 5.81. The average molecular weight is 261 g/mol. The highest BCUT2D eigenvalue weighted by Gasteiger charge is 2.17.